The Balaban J connectivity index is 1.10. The fourth-order valence-corrected chi connectivity index (χ4v) is 4.21. The topological polar surface area (TPSA) is 93.2 Å². The van der Waals surface area contributed by atoms with Gasteiger partial charge in [-0.25, -0.2) is 0 Å². The standard InChI is InChI=1S/C26H29N7O2/c1-19-10-12-21(13-11-19)25-27-23(35-30-25)9-6-14-31-15-17-32(18-16-31)26(34)24-20(2)28-33(29-24)22-7-4-3-5-8-22/h3-5,7-8,10-13H,6,9,14-18H2,1-2H3. The molecule has 5 rings (SSSR count). The van der Waals surface area contributed by atoms with Crippen LogP contribution in [0.3, 0.4) is 0 Å². The predicted molar refractivity (Wildman–Crippen MR) is 131 cm³/mol. The maximum atomic E-state index is 13.1. The number of para-hydroxylation sites is 1. The van der Waals surface area contributed by atoms with E-state index < -0.39 is 0 Å². The molecule has 1 aliphatic rings. The first-order chi connectivity index (χ1) is 17.1. The van der Waals surface area contributed by atoms with Crippen molar-refractivity contribution in [1.29, 1.82) is 0 Å². The number of hydrogen-bond acceptors (Lipinski definition) is 7. The van der Waals surface area contributed by atoms with E-state index in [2.05, 4.69) is 32.2 Å². The third-order valence-electron chi connectivity index (χ3n) is 6.27. The second-order valence-corrected chi connectivity index (χ2v) is 8.87. The number of aromatic nitrogens is 5. The number of rotatable bonds is 7. The molecule has 0 aliphatic carbocycles. The summed E-state index contributed by atoms with van der Waals surface area (Å²) in [5, 5.41) is 13.0. The van der Waals surface area contributed by atoms with E-state index in [1.165, 1.54) is 10.4 Å². The summed E-state index contributed by atoms with van der Waals surface area (Å²) >= 11 is 0. The summed E-state index contributed by atoms with van der Waals surface area (Å²) in [5.74, 6) is 1.23. The minimum absolute atomic E-state index is 0.0566. The molecule has 0 spiro atoms. The fraction of sp³-hybridized carbons (Fsp3) is 0.346. The molecule has 0 radical (unpaired) electrons. The third kappa shape index (κ3) is 5.30. The summed E-state index contributed by atoms with van der Waals surface area (Å²) < 4.78 is 5.43. The van der Waals surface area contributed by atoms with Crippen LogP contribution in [0, 0.1) is 13.8 Å². The molecule has 0 saturated carbocycles. The van der Waals surface area contributed by atoms with Crippen LogP contribution in [0.15, 0.2) is 59.1 Å². The van der Waals surface area contributed by atoms with E-state index in [4.69, 9.17) is 4.52 Å². The van der Waals surface area contributed by atoms with E-state index >= 15 is 0 Å². The van der Waals surface area contributed by atoms with E-state index in [1.807, 2.05) is 66.4 Å². The molecular formula is C26H29N7O2. The Morgan fingerprint density at radius 3 is 2.43 bits per heavy atom. The van der Waals surface area contributed by atoms with Crippen molar-refractivity contribution < 1.29 is 9.32 Å². The maximum absolute atomic E-state index is 13.1. The van der Waals surface area contributed by atoms with E-state index in [9.17, 15) is 4.79 Å². The number of carbonyl (C=O) groups excluding carboxylic acids is 1. The van der Waals surface area contributed by atoms with Gasteiger partial charge in [-0.05, 0) is 38.9 Å². The van der Waals surface area contributed by atoms with Crippen LogP contribution in [0.25, 0.3) is 17.1 Å². The smallest absolute Gasteiger partial charge is 0.276 e. The van der Waals surface area contributed by atoms with Crippen molar-refractivity contribution >= 4 is 5.91 Å². The number of benzene rings is 2. The Morgan fingerprint density at radius 2 is 1.69 bits per heavy atom. The molecule has 0 bridgehead atoms. The molecule has 1 aliphatic heterocycles. The van der Waals surface area contributed by atoms with Gasteiger partial charge in [0.25, 0.3) is 5.91 Å². The van der Waals surface area contributed by atoms with Gasteiger partial charge in [-0.3, -0.25) is 9.69 Å². The van der Waals surface area contributed by atoms with Crippen LogP contribution in [-0.2, 0) is 6.42 Å². The molecule has 2 aromatic heterocycles. The van der Waals surface area contributed by atoms with Crippen molar-refractivity contribution in [2.75, 3.05) is 32.7 Å². The average Bonchev–Trinajstić information content (AvgIpc) is 3.52. The fourth-order valence-electron chi connectivity index (χ4n) is 4.21. The molecule has 2 aromatic carbocycles. The number of piperazine rings is 1. The van der Waals surface area contributed by atoms with Gasteiger partial charge in [0.1, 0.15) is 0 Å². The average molecular weight is 472 g/mol. The second-order valence-electron chi connectivity index (χ2n) is 8.87. The molecule has 0 atom stereocenters. The first-order valence-corrected chi connectivity index (χ1v) is 12.0. The molecule has 9 nitrogen and oxygen atoms in total. The van der Waals surface area contributed by atoms with E-state index in [1.54, 1.807) is 0 Å². The van der Waals surface area contributed by atoms with E-state index in [0.29, 0.717) is 36.2 Å². The van der Waals surface area contributed by atoms with E-state index in [0.717, 1.165) is 43.7 Å². The van der Waals surface area contributed by atoms with Gasteiger partial charge in [-0.1, -0.05) is 53.2 Å². The van der Waals surface area contributed by atoms with Crippen molar-refractivity contribution in [2.45, 2.75) is 26.7 Å². The Kier molecular flexibility index (Phi) is 6.67. The quantitative estimate of drug-likeness (QED) is 0.408. The molecule has 1 amide bonds. The molecule has 35 heavy (non-hydrogen) atoms. The minimum Gasteiger partial charge on any atom is -0.339 e. The monoisotopic (exact) mass is 471 g/mol. The summed E-state index contributed by atoms with van der Waals surface area (Å²) in [6.07, 6.45) is 1.66. The highest BCUT2D eigenvalue weighted by Crippen LogP contribution is 2.17. The van der Waals surface area contributed by atoms with Gasteiger partial charge >= 0.3 is 0 Å². The van der Waals surface area contributed by atoms with Gasteiger partial charge in [0.15, 0.2) is 5.69 Å². The van der Waals surface area contributed by atoms with Crippen LogP contribution in [0.2, 0.25) is 0 Å². The van der Waals surface area contributed by atoms with Gasteiger partial charge in [-0.15, -0.1) is 5.10 Å². The summed E-state index contributed by atoms with van der Waals surface area (Å²) in [6.45, 7) is 7.82. The Labute approximate surface area is 204 Å². The van der Waals surface area contributed by atoms with Crippen molar-refractivity contribution in [3.63, 3.8) is 0 Å². The van der Waals surface area contributed by atoms with Gasteiger partial charge in [-0.2, -0.15) is 14.9 Å². The number of hydrogen-bond donors (Lipinski definition) is 0. The summed E-state index contributed by atoms with van der Waals surface area (Å²) in [5.41, 5.74) is 4.07. The highest BCUT2D eigenvalue weighted by Gasteiger charge is 2.26. The first kappa shape index (κ1) is 22.9. The van der Waals surface area contributed by atoms with Crippen LogP contribution in [0.4, 0.5) is 0 Å². The lowest BCUT2D eigenvalue weighted by atomic mass is 10.1. The molecule has 1 fully saturated rings. The molecule has 0 unspecified atom stereocenters. The van der Waals surface area contributed by atoms with Crippen LogP contribution >= 0.6 is 0 Å². The molecule has 0 N–H and O–H groups in total. The second kappa shape index (κ2) is 10.2. The molecule has 1 saturated heterocycles. The first-order valence-electron chi connectivity index (χ1n) is 12.0. The Morgan fingerprint density at radius 1 is 0.943 bits per heavy atom. The predicted octanol–water partition coefficient (Wildman–Crippen LogP) is 3.32. The van der Waals surface area contributed by atoms with Crippen LogP contribution < -0.4 is 0 Å². The number of aryl methyl sites for hydroxylation is 3. The lowest BCUT2D eigenvalue weighted by Gasteiger charge is -2.34. The maximum Gasteiger partial charge on any atom is 0.276 e. The van der Waals surface area contributed by atoms with Crippen molar-refractivity contribution in [3.8, 4) is 17.1 Å². The van der Waals surface area contributed by atoms with Crippen LogP contribution in [0.1, 0.15) is 34.1 Å². The molecule has 180 valence electrons. The lowest BCUT2D eigenvalue weighted by Crippen LogP contribution is -2.49. The largest absolute Gasteiger partial charge is 0.339 e. The zero-order valence-electron chi connectivity index (χ0n) is 20.1. The Hall–Kier alpha value is -3.85. The highest BCUT2D eigenvalue weighted by atomic mass is 16.5. The van der Waals surface area contributed by atoms with Crippen molar-refractivity contribution in [1.82, 2.24) is 34.9 Å². The van der Waals surface area contributed by atoms with Gasteiger partial charge < -0.3 is 9.42 Å². The third-order valence-corrected chi connectivity index (χ3v) is 6.27. The van der Waals surface area contributed by atoms with Crippen LogP contribution in [-0.4, -0.2) is 73.6 Å². The normalized spacial score (nSPS) is 14.4. The number of carbonyl (C=O) groups is 1. The van der Waals surface area contributed by atoms with Gasteiger partial charge in [0.2, 0.25) is 11.7 Å². The van der Waals surface area contributed by atoms with Crippen molar-refractivity contribution in [2.24, 2.45) is 0 Å². The lowest BCUT2D eigenvalue weighted by molar-refractivity contribution is 0.0628. The van der Waals surface area contributed by atoms with Gasteiger partial charge in [0.05, 0.1) is 11.4 Å². The highest BCUT2D eigenvalue weighted by molar-refractivity contribution is 5.93. The zero-order valence-corrected chi connectivity index (χ0v) is 20.1. The SMILES string of the molecule is Cc1ccc(-c2noc(CCCN3CCN(C(=O)c4nn(-c5ccccc5)nc4C)CC3)n2)cc1. The number of amides is 1. The minimum atomic E-state index is -0.0566. The molecule has 3 heterocycles. The van der Waals surface area contributed by atoms with Crippen LogP contribution in [0.5, 0.6) is 0 Å². The Bertz CT molecular complexity index is 1270. The summed E-state index contributed by atoms with van der Waals surface area (Å²) in [7, 11) is 0. The summed E-state index contributed by atoms with van der Waals surface area (Å²) in [4.78, 5) is 23.4. The molecule has 9 heteroatoms. The molecular weight excluding hydrogens is 442 g/mol. The molecule has 4 aromatic rings. The number of nitrogens with zero attached hydrogens (tertiary/aromatic N) is 7. The zero-order chi connectivity index (χ0) is 24.2. The van der Waals surface area contributed by atoms with Gasteiger partial charge in [0, 0.05) is 38.2 Å². The summed E-state index contributed by atoms with van der Waals surface area (Å²) in [6, 6.07) is 17.7. The van der Waals surface area contributed by atoms with Crippen molar-refractivity contribution in [3.05, 3.63) is 77.4 Å². The van der Waals surface area contributed by atoms with E-state index in [-0.39, 0.29) is 5.91 Å².